The minimum absolute atomic E-state index is 0.244. The Kier molecular flexibility index (Phi) is 3.26. The molecule has 0 unspecified atom stereocenters. The van der Waals surface area contributed by atoms with Crippen molar-refractivity contribution < 1.29 is 0 Å². The Labute approximate surface area is 89.9 Å². The van der Waals surface area contributed by atoms with Crippen molar-refractivity contribution in [3.05, 3.63) is 33.8 Å². The molecule has 0 amide bonds. The van der Waals surface area contributed by atoms with Crippen LogP contribution < -0.4 is 0 Å². The highest BCUT2D eigenvalue weighted by Gasteiger charge is 2.14. The minimum Gasteiger partial charge on any atom is -0.0827 e. The fourth-order valence-electron chi connectivity index (χ4n) is 1.26. The molecule has 0 aliphatic heterocycles. The van der Waals surface area contributed by atoms with E-state index in [9.17, 15) is 0 Å². The molecule has 1 aromatic rings. The third-order valence-corrected chi connectivity index (χ3v) is 2.61. The van der Waals surface area contributed by atoms with E-state index in [4.69, 9.17) is 23.2 Å². The third-order valence-electron chi connectivity index (χ3n) is 1.75. The van der Waals surface area contributed by atoms with Gasteiger partial charge in [-0.1, -0.05) is 56.1 Å². The first-order chi connectivity index (χ1) is 5.90. The molecule has 0 saturated heterocycles. The average Bonchev–Trinajstić information content (AvgIpc) is 1.96. The summed E-state index contributed by atoms with van der Waals surface area (Å²) in [5, 5.41) is 1.34. The molecule has 2 heteroatoms. The van der Waals surface area contributed by atoms with E-state index in [0.717, 1.165) is 12.0 Å². The molecule has 72 valence electrons. The second-order valence-corrected chi connectivity index (χ2v) is 5.24. The van der Waals surface area contributed by atoms with Crippen LogP contribution in [0.5, 0.6) is 0 Å². The van der Waals surface area contributed by atoms with E-state index in [0.29, 0.717) is 10.0 Å². The molecule has 0 aliphatic rings. The summed E-state index contributed by atoms with van der Waals surface area (Å²) in [5.74, 6) is 0. The van der Waals surface area contributed by atoms with Crippen LogP contribution in [0.4, 0.5) is 0 Å². The second-order valence-electron chi connectivity index (χ2n) is 4.45. The van der Waals surface area contributed by atoms with Crippen LogP contribution in [-0.4, -0.2) is 0 Å². The van der Waals surface area contributed by atoms with Gasteiger partial charge in [-0.15, -0.1) is 0 Å². The van der Waals surface area contributed by atoms with Gasteiger partial charge in [-0.2, -0.15) is 0 Å². The van der Waals surface area contributed by atoms with Crippen LogP contribution in [0.1, 0.15) is 26.3 Å². The molecule has 0 bridgehead atoms. The molecule has 0 aliphatic carbocycles. The lowest BCUT2D eigenvalue weighted by molar-refractivity contribution is 0.411. The number of halogens is 2. The van der Waals surface area contributed by atoms with E-state index in [1.165, 1.54) is 0 Å². The molecular formula is C11H14Cl2. The van der Waals surface area contributed by atoms with Gasteiger partial charge in [0.1, 0.15) is 0 Å². The van der Waals surface area contributed by atoms with Gasteiger partial charge in [-0.05, 0) is 23.5 Å². The van der Waals surface area contributed by atoms with Gasteiger partial charge in [0.15, 0.2) is 0 Å². The normalized spacial score (nSPS) is 11.8. The van der Waals surface area contributed by atoms with Crippen molar-refractivity contribution in [1.29, 1.82) is 0 Å². The summed E-state index contributed by atoms with van der Waals surface area (Å²) in [6.45, 7) is 6.55. The zero-order valence-electron chi connectivity index (χ0n) is 8.20. The highest BCUT2D eigenvalue weighted by Crippen LogP contribution is 2.30. The quantitative estimate of drug-likeness (QED) is 0.645. The maximum atomic E-state index is 6.07. The van der Waals surface area contributed by atoms with Crippen LogP contribution in [-0.2, 0) is 6.42 Å². The molecule has 0 nitrogen and oxygen atoms in total. The molecule has 0 heterocycles. The SMILES string of the molecule is CC(C)(C)Cc1cccc(Cl)c1Cl. The first kappa shape index (κ1) is 10.9. The van der Waals surface area contributed by atoms with Crippen LogP contribution in [0.15, 0.2) is 18.2 Å². The molecule has 1 rings (SSSR count). The van der Waals surface area contributed by atoms with E-state index in [2.05, 4.69) is 20.8 Å². The first-order valence-electron chi connectivity index (χ1n) is 4.33. The van der Waals surface area contributed by atoms with Crippen molar-refractivity contribution in [1.82, 2.24) is 0 Å². The Bertz CT molecular complexity index is 297. The average molecular weight is 217 g/mol. The van der Waals surface area contributed by atoms with Crippen molar-refractivity contribution in [3.8, 4) is 0 Å². The van der Waals surface area contributed by atoms with Gasteiger partial charge in [0.25, 0.3) is 0 Å². The molecule has 0 N–H and O–H groups in total. The van der Waals surface area contributed by atoms with E-state index < -0.39 is 0 Å². The highest BCUT2D eigenvalue weighted by molar-refractivity contribution is 6.42. The van der Waals surface area contributed by atoms with Crippen LogP contribution in [0.25, 0.3) is 0 Å². The van der Waals surface area contributed by atoms with E-state index in [-0.39, 0.29) is 5.41 Å². The van der Waals surface area contributed by atoms with Crippen LogP contribution in [0.3, 0.4) is 0 Å². The van der Waals surface area contributed by atoms with Gasteiger partial charge in [0.05, 0.1) is 10.0 Å². The van der Waals surface area contributed by atoms with E-state index in [1.54, 1.807) is 0 Å². The Hall–Kier alpha value is -0.200. The predicted molar refractivity (Wildman–Crippen MR) is 59.6 cm³/mol. The summed E-state index contributed by atoms with van der Waals surface area (Å²) in [7, 11) is 0. The third kappa shape index (κ3) is 3.21. The van der Waals surface area contributed by atoms with Crippen LogP contribution in [0.2, 0.25) is 10.0 Å². The molecule has 0 aromatic heterocycles. The summed E-state index contributed by atoms with van der Waals surface area (Å²) in [5.41, 5.74) is 1.37. The number of hydrogen-bond acceptors (Lipinski definition) is 0. The number of benzene rings is 1. The number of hydrogen-bond donors (Lipinski definition) is 0. The topological polar surface area (TPSA) is 0 Å². The fraction of sp³-hybridized carbons (Fsp3) is 0.455. The van der Waals surface area contributed by atoms with Crippen molar-refractivity contribution in [2.45, 2.75) is 27.2 Å². The fourth-order valence-corrected chi connectivity index (χ4v) is 1.64. The van der Waals surface area contributed by atoms with E-state index >= 15 is 0 Å². The summed E-state index contributed by atoms with van der Waals surface area (Å²) in [6.07, 6.45) is 0.951. The standard InChI is InChI=1S/C11H14Cl2/c1-11(2,3)7-8-5-4-6-9(12)10(8)13/h4-6H,7H2,1-3H3. The van der Waals surface area contributed by atoms with Gasteiger partial charge in [-0.25, -0.2) is 0 Å². The lowest BCUT2D eigenvalue weighted by Crippen LogP contribution is -2.09. The van der Waals surface area contributed by atoms with Crippen molar-refractivity contribution in [2.24, 2.45) is 5.41 Å². The maximum Gasteiger partial charge on any atom is 0.0624 e. The monoisotopic (exact) mass is 216 g/mol. The van der Waals surface area contributed by atoms with Gasteiger partial charge in [0.2, 0.25) is 0 Å². The van der Waals surface area contributed by atoms with Gasteiger partial charge >= 0.3 is 0 Å². The molecule has 0 atom stereocenters. The summed E-state index contributed by atoms with van der Waals surface area (Å²) < 4.78 is 0. The van der Waals surface area contributed by atoms with Crippen molar-refractivity contribution >= 4 is 23.2 Å². The lowest BCUT2D eigenvalue weighted by Gasteiger charge is -2.19. The maximum absolute atomic E-state index is 6.07. The van der Waals surface area contributed by atoms with E-state index in [1.807, 2.05) is 18.2 Å². The molecule has 0 saturated carbocycles. The Morgan fingerprint density at radius 1 is 1.15 bits per heavy atom. The lowest BCUT2D eigenvalue weighted by atomic mass is 9.88. The zero-order chi connectivity index (χ0) is 10.1. The molecular weight excluding hydrogens is 203 g/mol. The first-order valence-corrected chi connectivity index (χ1v) is 5.09. The molecule has 0 radical (unpaired) electrons. The number of rotatable bonds is 1. The van der Waals surface area contributed by atoms with Gasteiger partial charge in [-0.3, -0.25) is 0 Å². The molecule has 1 aromatic carbocycles. The van der Waals surface area contributed by atoms with Crippen molar-refractivity contribution in [2.75, 3.05) is 0 Å². The second kappa shape index (κ2) is 3.89. The molecule has 0 spiro atoms. The largest absolute Gasteiger partial charge is 0.0827 e. The Morgan fingerprint density at radius 2 is 1.77 bits per heavy atom. The predicted octanol–water partition coefficient (Wildman–Crippen LogP) is 4.58. The molecule has 0 fully saturated rings. The van der Waals surface area contributed by atoms with Crippen LogP contribution >= 0.6 is 23.2 Å². The molecule has 13 heavy (non-hydrogen) atoms. The Morgan fingerprint density at radius 3 is 2.31 bits per heavy atom. The van der Waals surface area contributed by atoms with Crippen LogP contribution in [0, 0.1) is 5.41 Å². The van der Waals surface area contributed by atoms with Crippen molar-refractivity contribution in [3.63, 3.8) is 0 Å². The minimum atomic E-state index is 0.244. The zero-order valence-corrected chi connectivity index (χ0v) is 9.71. The smallest absolute Gasteiger partial charge is 0.0624 e. The van der Waals surface area contributed by atoms with Gasteiger partial charge < -0.3 is 0 Å². The summed E-state index contributed by atoms with van der Waals surface area (Å²) in [4.78, 5) is 0. The summed E-state index contributed by atoms with van der Waals surface area (Å²) in [6, 6.07) is 5.78. The Balaban J connectivity index is 2.96. The van der Waals surface area contributed by atoms with Gasteiger partial charge in [0, 0.05) is 0 Å². The summed E-state index contributed by atoms with van der Waals surface area (Å²) >= 11 is 12.0. The highest BCUT2D eigenvalue weighted by atomic mass is 35.5.